The van der Waals surface area contributed by atoms with Crippen LogP contribution >= 0.6 is 0 Å². The average Bonchev–Trinajstić information content (AvgIpc) is 2.71. The monoisotopic (exact) mass is 207 g/mol. The maximum Gasteiger partial charge on any atom is 0.319 e. The van der Waals surface area contributed by atoms with E-state index in [4.69, 9.17) is 4.74 Å². The highest BCUT2D eigenvalue weighted by atomic mass is 16.5. The van der Waals surface area contributed by atoms with E-state index >= 15 is 0 Å². The Labute approximate surface area is 87.8 Å². The molecule has 15 heavy (non-hydrogen) atoms. The highest BCUT2D eigenvalue weighted by Gasteiger charge is 2.17. The first-order valence-electron chi connectivity index (χ1n) is 4.90. The number of hydrogen-bond donors (Lipinski definition) is 2. The maximum absolute atomic E-state index is 11.5. The molecule has 0 aliphatic carbocycles. The van der Waals surface area contributed by atoms with E-state index in [1.807, 2.05) is 0 Å². The molecule has 0 spiro atoms. The summed E-state index contributed by atoms with van der Waals surface area (Å²) in [4.78, 5) is 15.4. The zero-order chi connectivity index (χ0) is 10.5. The fourth-order valence-corrected chi connectivity index (χ4v) is 1.44. The van der Waals surface area contributed by atoms with Gasteiger partial charge in [0.05, 0.1) is 24.5 Å². The lowest BCUT2D eigenvalue weighted by Gasteiger charge is -2.11. The SMILES string of the molecule is O=C(Nc1cccnc1)NC1CCOC1. The van der Waals surface area contributed by atoms with Gasteiger partial charge in [-0.05, 0) is 18.6 Å². The van der Waals surface area contributed by atoms with E-state index in [-0.39, 0.29) is 12.1 Å². The second kappa shape index (κ2) is 4.75. The molecule has 2 N–H and O–H groups in total. The summed E-state index contributed by atoms with van der Waals surface area (Å²) in [6, 6.07) is 3.48. The Kier molecular flexibility index (Phi) is 3.14. The molecule has 1 atom stereocenters. The minimum atomic E-state index is -0.210. The molecule has 5 nitrogen and oxygen atoms in total. The van der Waals surface area contributed by atoms with Crippen LogP contribution in [0, 0.1) is 0 Å². The number of anilines is 1. The lowest BCUT2D eigenvalue weighted by atomic mass is 10.3. The molecule has 0 saturated carbocycles. The van der Waals surface area contributed by atoms with Crippen LogP contribution in [0.2, 0.25) is 0 Å². The van der Waals surface area contributed by atoms with Gasteiger partial charge in [-0.15, -0.1) is 0 Å². The van der Waals surface area contributed by atoms with Gasteiger partial charge in [0.1, 0.15) is 0 Å². The third kappa shape index (κ3) is 2.92. The first-order valence-corrected chi connectivity index (χ1v) is 4.90. The summed E-state index contributed by atoms with van der Waals surface area (Å²) in [7, 11) is 0. The van der Waals surface area contributed by atoms with Crippen molar-refractivity contribution < 1.29 is 9.53 Å². The molecule has 0 aromatic carbocycles. The number of nitrogens with zero attached hydrogens (tertiary/aromatic N) is 1. The summed E-state index contributed by atoms with van der Waals surface area (Å²) in [5, 5.41) is 5.53. The van der Waals surface area contributed by atoms with Crippen LogP contribution in [0.3, 0.4) is 0 Å². The van der Waals surface area contributed by atoms with E-state index in [1.54, 1.807) is 24.5 Å². The number of carbonyl (C=O) groups is 1. The summed E-state index contributed by atoms with van der Waals surface area (Å²) < 4.78 is 5.15. The van der Waals surface area contributed by atoms with Gasteiger partial charge in [-0.1, -0.05) is 0 Å². The number of urea groups is 1. The summed E-state index contributed by atoms with van der Waals surface area (Å²) in [6.07, 6.45) is 4.14. The molecule has 1 aromatic heterocycles. The van der Waals surface area contributed by atoms with E-state index in [2.05, 4.69) is 15.6 Å². The molecule has 80 valence electrons. The highest BCUT2D eigenvalue weighted by Crippen LogP contribution is 2.05. The van der Waals surface area contributed by atoms with E-state index in [0.29, 0.717) is 12.3 Å². The Morgan fingerprint density at radius 1 is 1.60 bits per heavy atom. The summed E-state index contributed by atoms with van der Waals surface area (Å²) >= 11 is 0. The summed E-state index contributed by atoms with van der Waals surface area (Å²) in [5.41, 5.74) is 0.689. The molecule has 2 amide bonds. The molecule has 1 aliphatic rings. The Morgan fingerprint density at radius 3 is 3.20 bits per heavy atom. The predicted molar refractivity (Wildman–Crippen MR) is 55.6 cm³/mol. The summed E-state index contributed by atoms with van der Waals surface area (Å²) in [6.45, 7) is 1.32. The zero-order valence-corrected chi connectivity index (χ0v) is 8.27. The Hall–Kier alpha value is -1.62. The number of hydrogen-bond acceptors (Lipinski definition) is 3. The number of aromatic nitrogens is 1. The smallest absolute Gasteiger partial charge is 0.319 e. The van der Waals surface area contributed by atoms with E-state index in [0.717, 1.165) is 13.0 Å². The van der Waals surface area contributed by atoms with Gasteiger partial charge in [-0.25, -0.2) is 4.79 Å². The van der Waals surface area contributed by atoms with E-state index in [9.17, 15) is 4.79 Å². The molecule has 1 fully saturated rings. The average molecular weight is 207 g/mol. The fraction of sp³-hybridized carbons (Fsp3) is 0.400. The minimum Gasteiger partial charge on any atom is -0.379 e. The molecular weight excluding hydrogens is 194 g/mol. The van der Waals surface area contributed by atoms with Crippen LogP contribution in [0.1, 0.15) is 6.42 Å². The normalized spacial score (nSPS) is 19.9. The van der Waals surface area contributed by atoms with Crippen molar-refractivity contribution >= 4 is 11.7 Å². The van der Waals surface area contributed by atoms with Crippen LogP contribution in [0.15, 0.2) is 24.5 Å². The Morgan fingerprint density at radius 2 is 2.53 bits per heavy atom. The van der Waals surface area contributed by atoms with Crippen molar-refractivity contribution in [3.05, 3.63) is 24.5 Å². The van der Waals surface area contributed by atoms with Crippen molar-refractivity contribution in [2.75, 3.05) is 18.5 Å². The number of rotatable bonds is 2. The fourth-order valence-electron chi connectivity index (χ4n) is 1.44. The van der Waals surface area contributed by atoms with Crippen molar-refractivity contribution in [3.8, 4) is 0 Å². The second-order valence-corrected chi connectivity index (χ2v) is 3.40. The first kappa shape index (κ1) is 9.92. The van der Waals surface area contributed by atoms with Gasteiger partial charge < -0.3 is 15.4 Å². The van der Waals surface area contributed by atoms with Crippen molar-refractivity contribution in [1.82, 2.24) is 10.3 Å². The molecule has 1 unspecified atom stereocenters. The number of amides is 2. The van der Waals surface area contributed by atoms with Crippen LogP contribution in [0.5, 0.6) is 0 Å². The van der Waals surface area contributed by atoms with Gasteiger partial charge >= 0.3 is 6.03 Å². The van der Waals surface area contributed by atoms with Gasteiger partial charge in [-0.2, -0.15) is 0 Å². The third-order valence-corrected chi connectivity index (χ3v) is 2.18. The van der Waals surface area contributed by atoms with Gasteiger partial charge in [-0.3, -0.25) is 4.98 Å². The second-order valence-electron chi connectivity index (χ2n) is 3.40. The first-order chi connectivity index (χ1) is 7.34. The van der Waals surface area contributed by atoms with Crippen LogP contribution in [0.25, 0.3) is 0 Å². The number of nitrogens with one attached hydrogen (secondary N) is 2. The summed E-state index contributed by atoms with van der Waals surface area (Å²) in [5.74, 6) is 0. The lowest BCUT2D eigenvalue weighted by molar-refractivity contribution is 0.189. The highest BCUT2D eigenvalue weighted by molar-refractivity contribution is 5.89. The van der Waals surface area contributed by atoms with Crippen molar-refractivity contribution in [1.29, 1.82) is 0 Å². The van der Waals surface area contributed by atoms with Crippen molar-refractivity contribution in [2.45, 2.75) is 12.5 Å². The van der Waals surface area contributed by atoms with Gasteiger partial charge in [0, 0.05) is 12.8 Å². The number of pyridine rings is 1. The molecule has 1 aliphatic heterocycles. The third-order valence-electron chi connectivity index (χ3n) is 2.18. The quantitative estimate of drug-likeness (QED) is 0.760. The molecule has 2 rings (SSSR count). The number of carbonyl (C=O) groups excluding carboxylic acids is 1. The minimum absolute atomic E-state index is 0.127. The van der Waals surface area contributed by atoms with Crippen molar-refractivity contribution in [3.63, 3.8) is 0 Å². The molecule has 5 heteroatoms. The van der Waals surface area contributed by atoms with Gasteiger partial charge in [0.2, 0.25) is 0 Å². The Bertz CT molecular complexity index is 323. The van der Waals surface area contributed by atoms with Crippen LogP contribution in [-0.2, 0) is 4.74 Å². The zero-order valence-electron chi connectivity index (χ0n) is 8.27. The topological polar surface area (TPSA) is 63.2 Å². The molecular formula is C10H13N3O2. The van der Waals surface area contributed by atoms with Crippen LogP contribution < -0.4 is 10.6 Å². The Balaban J connectivity index is 1.82. The van der Waals surface area contributed by atoms with E-state index in [1.165, 1.54) is 0 Å². The molecule has 2 heterocycles. The van der Waals surface area contributed by atoms with E-state index < -0.39 is 0 Å². The molecule has 1 saturated heterocycles. The number of ether oxygens (including phenoxy) is 1. The maximum atomic E-state index is 11.5. The standard InChI is InChI=1S/C10H13N3O2/c14-10(13-9-3-5-15-7-9)12-8-2-1-4-11-6-8/h1-2,4,6,9H,3,5,7H2,(H2,12,13,14). The largest absolute Gasteiger partial charge is 0.379 e. The van der Waals surface area contributed by atoms with Crippen LogP contribution in [-0.4, -0.2) is 30.3 Å². The van der Waals surface area contributed by atoms with Gasteiger partial charge in [0.25, 0.3) is 0 Å². The predicted octanol–water partition coefficient (Wildman–Crippen LogP) is 0.992. The molecule has 0 radical (unpaired) electrons. The molecule has 0 bridgehead atoms. The van der Waals surface area contributed by atoms with Crippen LogP contribution in [0.4, 0.5) is 10.5 Å². The van der Waals surface area contributed by atoms with Crippen molar-refractivity contribution in [2.24, 2.45) is 0 Å². The molecule has 1 aromatic rings. The lowest BCUT2D eigenvalue weighted by Crippen LogP contribution is -2.38. The van der Waals surface area contributed by atoms with Gasteiger partial charge in [0.15, 0.2) is 0 Å².